The van der Waals surface area contributed by atoms with Crippen molar-refractivity contribution in [3.05, 3.63) is 73.7 Å². The number of rotatable bonds is 4. The van der Waals surface area contributed by atoms with Crippen molar-refractivity contribution in [1.29, 1.82) is 0 Å². The first kappa shape index (κ1) is 18.5. The van der Waals surface area contributed by atoms with Gasteiger partial charge in [-0.05, 0) is 42.7 Å². The minimum atomic E-state index is -0.416. The number of aryl methyl sites for hydroxylation is 2. The zero-order valence-corrected chi connectivity index (χ0v) is 16.7. The van der Waals surface area contributed by atoms with E-state index >= 15 is 0 Å². The van der Waals surface area contributed by atoms with Crippen molar-refractivity contribution < 1.29 is 9.15 Å². The van der Waals surface area contributed by atoms with Gasteiger partial charge in [0.25, 0.3) is 5.19 Å². The molecular formula is C20H16ClN3O3S. The van der Waals surface area contributed by atoms with E-state index in [1.54, 1.807) is 24.5 Å². The van der Waals surface area contributed by atoms with Crippen molar-refractivity contribution in [2.45, 2.75) is 20.3 Å². The first-order chi connectivity index (χ1) is 13.4. The van der Waals surface area contributed by atoms with Crippen LogP contribution in [0.25, 0.3) is 11.0 Å². The predicted molar refractivity (Wildman–Crippen MR) is 111 cm³/mol. The molecule has 3 aromatic heterocycles. The van der Waals surface area contributed by atoms with Crippen LogP contribution in [0.4, 0.5) is 5.82 Å². The first-order valence-corrected chi connectivity index (χ1v) is 9.73. The summed E-state index contributed by atoms with van der Waals surface area (Å²) in [6.07, 6.45) is 3.55. The number of nitrogens with two attached hydrogens (primary N) is 1. The van der Waals surface area contributed by atoms with Crippen LogP contribution in [0.1, 0.15) is 22.3 Å². The van der Waals surface area contributed by atoms with Crippen LogP contribution in [0.3, 0.4) is 0 Å². The van der Waals surface area contributed by atoms with Crippen LogP contribution in [-0.4, -0.2) is 9.97 Å². The Labute approximate surface area is 169 Å². The van der Waals surface area contributed by atoms with Crippen molar-refractivity contribution in [2.75, 3.05) is 5.73 Å². The molecule has 28 heavy (non-hydrogen) atoms. The third-order valence-corrected chi connectivity index (χ3v) is 5.64. The predicted octanol–water partition coefficient (Wildman–Crippen LogP) is 4.88. The van der Waals surface area contributed by atoms with Gasteiger partial charge in [-0.25, -0.2) is 14.8 Å². The topological polar surface area (TPSA) is 91.2 Å². The fourth-order valence-corrected chi connectivity index (χ4v) is 3.70. The molecule has 0 aliphatic rings. The van der Waals surface area contributed by atoms with Crippen LogP contribution in [0, 0.1) is 13.8 Å². The normalized spacial score (nSPS) is 11.1. The molecule has 0 fully saturated rings. The van der Waals surface area contributed by atoms with Crippen molar-refractivity contribution in [1.82, 2.24) is 9.97 Å². The summed E-state index contributed by atoms with van der Waals surface area (Å²) in [5, 5.41) is 3.56. The van der Waals surface area contributed by atoms with E-state index in [4.69, 9.17) is 26.5 Å². The van der Waals surface area contributed by atoms with Gasteiger partial charge in [0, 0.05) is 41.2 Å². The lowest BCUT2D eigenvalue weighted by molar-refractivity contribution is 0.473. The average Bonchev–Trinajstić information content (AvgIpc) is 3.17. The average molecular weight is 414 g/mol. The van der Waals surface area contributed by atoms with Gasteiger partial charge < -0.3 is 14.9 Å². The maximum atomic E-state index is 12.7. The second kappa shape index (κ2) is 7.26. The number of anilines is 1. The first-order valence-electron chi connectivity index (χ1n) is 8.47. The number of hydrogen-bond acceptors (Lipinski definition) is 7. The van der Waals surface area contributed by atoms with Crippen molar-refractivity contribution in [3.8, 4) is 10.9 Å². The molecule has 1 aromatic carbocycles. The van der Waals surface area contributed by atoms with Crippen LogP contribution in [0.15, 0.2) is 45.2 Å². The van der Waals surface area contributed by atoms with Gasteiger partial charge in [-0.1, -0.05) is 22.9 Å². The number of ether oxygens (including phenoxy) is 1. The molecule has 3 heterocycles. The van der Waals surface area contributed by atoms with Crippen LogP contribution in [0.2, 0.25) is 5.02 Å². The SMILES string of the molecule is Cc1cc2c(C)c(Cc3ccnc(N)c3Cl)c(=O)oc2cc1Oc1nccs1. The summed E-state index contributed by atoms with van der Waals surface area (Å²) in [4.78, 5) is 20.7. The molecule has 0 saturated carbocycles. The number of aromatic nitrogens is 2. The second-order valence-corrected chi connectivity index (χ2v) is 7.59. The molecule has 0 saturated heterocycles. The minimum absolute atomic E-state index is 0.238. The maximum absolute atomic E-state index is 12.7. The van der Waals surface area contributed by atoms with Crippen LogP contribution in [0.5, 0.6) is 10.9 Å². The van der Waals surface area contributed by atoms with E-state index in [2.05, 4.69) is 9.97 Å². The van der Waals surface area contributed by atoms with Crippen LogP contribution >= 0.6 is 22.9 Å². The van der Waals surface area contributed by atoms with E-state index in [1.165, 1.54) is 11.3 Å². The molecule has 0 aliphatic heterocycles. The van der Waals surface area contributed by atoms with Crippen molar-refractivity contribution in [3.63, 3.8) is 0 Å². The lowest BCUT2D eigenvalue weighted by Crippen LogP contribution is -2.11. The molecule has 2 N–H and O–H groups in total. The Balaban J connectivity index is 1.79. The summed E-state index contributed by atoms with van der Waals surface area (Å²) < 4.78 is 11.4. The number of fused-ring (bicyclic) bond motifs is 1. The highest BCUT2D eigenvalue weighted by Gasteiger charge is 2.16. The van der Waals surface area contributed by atoms with Gasteiger partial charge in [0.05, 0.1) is 5.02 Å². The summed E-state index contributed by atoms with van der Waals surface area (Å²) in [6, 6.07) is 5.42. The van der Waals surface area contributed by atoms with Gasteiger partial charge in [0.15, 0.2) is 0 Å². The van der Waals surface area contributed by atoms with Crippen molar-refractivity contribution in [2.24, 2.45) is 0 Å². The highest BCUT2D eigenvalue weighted by Crippen LogP contribution is 2.32. The molecule has 4 rings (SSSR count). The lowest BCUT2D eigenvalue weighted by Gasteiger charge is -2.12. The number of thiazole rings is 1. The number of nitrogen functional groups attached to an aromatic ring is 1. The molecule has 0 spiro atoms. The third-order valence-electron chi connectivity index (χ3n) is 4.55. The highest BCUT2D eigenvalue weighted by molar-refractivity contribution is 7.11. The standard InChI is InChI=1S/C20H16ClN3O3S/c1-10-7-13-11(2)14(8-12-3-4-23-18(22)17(12)21)19(25)26-16(13)9-15(10)27-20-24-5-6-28-20/h3-7,9H,8H2,1-2H3,(H2,22,23). The quantitative estimate of drug-likeness (QED) is 0.479. The summed E-state index contributed by atoms with van der Waals surface area (Å²) in [5.41, 5.74) is 8.83. The Morgan fingerprint density at radius 2 is 2.07 bits per heavy atom. The smallest absolute Gasteiger partial charge is 0.340 e. The Hall–Kier alpha value is -2.90. The molecule has 0 atom stereocenters. The molecule has 0 unspecified atom stereocenters. The Morgan fingerprint density at radius 3 is 2.82 bits per heavy atom. The van der Waals surface area contributed by atoms with Gasteiger partial charge in [0.2, 0.25) is 0 Å². The molecule has 0 bridgehead atoms. The Bertz CT molecular complexity index is 1240. The number of pyridine rings is 1. The summed E-state index contributed by atoms with van der Waals surface area (Å²) in [5.74, 6) is 0.838. The van der Waals surface area contributed by atoms with E-state index in [1.807, 2.05) is 25.3 Å². The molecule has 0 amide bonds. The number of halogens is 1. The third kappa shape index (κ3) is 3.34. The van der Waals surface area contributed by atoms with Gasteiger partial charge in [-0.3, -0.25) is 0 Å². The largest absolute Gasteiger partial charge is 0.430 e. The van der Waals surface area contributed by atoms with Gasteiger partial charge in [-0.15, -0.1) is 0 Å². The molecule has 6 nitrogen and oxygen atoms in total. The second-order valence-electron chi connectivity index (χ2n) is 6.35. The number of hydrogen-bond donors (Lipinski definition) is 1. The van der Waals surface area contributed by atoms with E-state index in [9.17, 15) is 4.79 Å². The lowest BCUT2D eigenvalue weighted by atomic mass is 9.99. The fraction of sp³-hybridized carbons (Fsp3) is 0.150. The van der Waals surface area contributed by atoms with Gasteiger partial charge in [-0.2, -0.15) is 0 Å². The zero-order valence-electron chi connectivity index (χ0n) is 15.2. The monoisotopic (exact) mass is 413 g/mol. The molecule has 4 aromatic rings. The Kier molecular flexibility index (Phi) is 4.78. The van der Waals surface area contributed by atoms with Gasteiger partial charge in [0.1, 0.15) is 17.2 Å². The summed E-state index contributed by atoms with van der Waals surface area (Å²) >= 11 is 7.63. The molecule has 8 heteroatoms. The summed E-state index contributed by atoms with van der Waals surface area (Å²) in [7, 11) is 0. The fourth-order valence-electron chi connectivity index (χ4n) is 3.02. The van der Waals surface area contributed by atoms with E-state index in [0.717, 1.165) is 22.1 Å². The highest BCUT2D eigenvalue weighted by atomic mass is 35.5. The zero-order chi connectivity index (χ0) is 19.8. The molecule has 0 radical (unpaired) electrons. The van der Waals surface area contributed by atoms with Gasteiger partial charge >= 0.3 is 5.63 Å². The number of benzene rings is 1. The van der Waals surface area contributed by atoms with Crippen LogP contribution in [-0.2, 0) is 6.42 Å². The molecular weight excluding hydrogens is 398 g/mol. The molecule has 142 valence electrons. The Morgan fingerprint density at radius 1 is 1.25 bits per heavy atom. The minimum Gasteiger partial charge on any atom is -0.430 e. The molecule has 0 aliphatic carbocycles. The maximum Gasteiger partial charge on any atom is 0.340 e. The van der Waals surface area contributed by atoms with E-state index in [0.29, 0.717) is 33.5 Å². The van der Waals surface area contributed by atoms with Crippen LogP contribution < -0.4 is 16.1 Å². The summed E-state index contributed by atoms with van der Waals surface area (Å²) in [6.45, 7) is 3.83. The van der Waals surface area contributed by atoms with Crippen molar-refractivity contribution >= 4 is 39.7 Å². The number of nitrogens with zero attached hydrogens (tertiary/aromatic N) is 2. The van der Waals surface area contributed by atoms with E-state index < -0.39 is 5.63 Å². The van der Waals surface area contributed by atoms with E-state index in [-0.39, 0.29) is 5.82 Å².